The zero-order chi connectivity index (χ0) is 28.1. The van der Waals surface area contributed by atoms with Crippen LogP contribution >= 0.6 is 0 Å². The highest BCUT2D eigenvalue weighted by molar-refractivity contribution is 5.71. The zero-order valence-corrected chi connectivity index (χ0v) is 25.2. The summed E-state index contributed by atoms with van der Waals surface area (Å²) < 4.78 is 16.3. The first kappa shape index (κ1) is 36.4. The molecule has 0 saturated carbocycles. The first-order chi connectivity index (χ1) is 18.5. The number of esters is 3. The van der Waals surface area contributed by atoms with Gasteiger partial charge in [0.05, 0.1) is 0 Å². The van der Waals surface area contributed by atoms with Crippen LogP contribution in [0.1, 0.15) is 168 Å². The van der Waals surface area contributed by atoms with E-state index in [1.54, 1.807) is 0 Å². The molecule has 0 rings (SSSR count). The molecule has 0 fully saturated rings. The first-order valence-corrected chi connectivity index (χ1v) is 16.0. The molecule has 0 bridgehead atoms. The molecule has 0 aliphatic carbocycles. The molecule has 0 heterocycles. The van der Waals surface area contributed by atoms with Gasteiger partial charge in [-0.15, -0.1) is 0 Å². The summed E-state index contributed by atoms with van der Waals surface area (Å²) in [7, 11) is 0. The second-order valence-corrected chi connectivity index (χ2v) is 10.7. The number of hydrogen-bond donors (Lipinski definition) is 0. The van der Waals surface area contributed by atoms with Gasteiger partial charge in [-0.1, -0.05) is 130 Å². The Morgan fingerprint density at radius 2 is 0.711 bits per heavy atom. The van der Waals surface area contributed by atoms with Crippen LogP contribution in [0.4, 0.5) is 0 Å². The van der Waals surface area contributed by atoms with Crippen LogP contribution < -0.4 is 0 Å². The number of carbonyl (C=O) groups excluding carboxylic acids is 3. The van der Waals surface area contributed by atoms with Crippen LogP contribution in [-0.4, -0.2) is 37.2 Å². The molecule has 0 aromatic heterocycles. The van der Waals surface area contributed by atoms with Crippen molar-refractivity contribution >= 4 is 17.9 Å². The van der Waals surface area contributed by atoms with Gasteiger partial charge in [0.15, 0.2) is 6.10 Å². The Kier molecular flexibility index (Phi) is 27.2. The van der Waals surface area contributed by atoms with Crippen LogP contribution in [0.15, 0.2) is 0 Å². The van der Waals surface area contributed by atoms with Crippen LogP contribution in [0.2, 0.25) is 0 Å². The van der Waals surface area contributed by atoms with Crippen molar-refractivity contribution in [2.75, 3.05) is 13.2 Å². The fraction of sp³-hybridized carbons (Fsp3) is 0.906. The summed E-state index contributed by atoms with van der Waals surface area (Å²) in [6.07, 6.45) is 22.9. The van der Waals surface area contributed by atoms with Crippen LogP contribution in [0.25, 0.3) is 0 Å². The summed E-state index contributed by atoms with van der Waals surface area (Å²) in [5.74, 6) is -0.904. The highest BCUT2D eigenvalue weighted by Gasteiger charge is 2.19. The average molecular weight is 541 g/mol. The van der Waals surface area contributed by atoms with Crippen LogP contribution in [-0.2, 0) is 28.6 Å². The number of unbranched alkanes of at least 4 members (excludes halogenated alkanes) is 17. The molecule has 38 heavy (non-hydrogen) atoms. The maximum atomic E-state index is 12.3. The summed E-state index contributed by atoms with van der Waals surface area (Å²) in [5, 5.41) is 0. The molecule has 0 amide bonds. The second-order valence-electron chi connectivity index (χ2n) is 10.7. The lowest BCUT2D eigenvalue weighted by molar-refractivity contribution is -0.167. The van der Waals surface area contributed by atoms with E-state index in [4.69, 9.17) is 14.2 Å². The Labute approximate surface area is 234 Å². The topological polar surface area (TPSA) is 78.9 Å². The third-order valence-corrected chi connectivity index (χ3v) is 6.86. The van der Waals surface area contributed by atoms with Crippen molar-refractivity contribution in [3.8, 4) is 0 Å². The van der Waals surface area contributed by atoms with Gasteiger partial charge in [-0.3, -0.25) is 14.4 Å². The number of ether oxygens (including phenoxy) is 3. The van der Waals surface area contributed by atoms with Gasteiger partial charge < -0.3 is 14.2 Å². The monoisotopic (exact) mass is 540 g/mol. The van der Waals surface area contributed by atoms with E-state index < -0.39 is 6.10 Å². The SMILES string of the molecule is CCCCCCCCCCCCC(=O)OCC(COC(=O)CCCCCCC)OC(=O)CCCCCCC. The molecule has 1 atom stereocenters. The van der Waals surface area contributed by atoms with E-state index in [9.17, 15) is 14.4 Å². The molecule has 0 spiro atoms. The maximum Gasteiger partial charge on any atom is 0.306 e. The van der Waals surface area contributed by atoms with Crippen molar-refractivity contribution in [1.29, 1.82) is 0 Å². The fourth-order valence-corrected chi connectivity index (χ4v) is 4.38. The smallest absolute Gasteiger partial charge is 0.306 e. The molecule has 6 nitrogen and oxygen atoms in total. The molecule has 0 saturated heterocycles. The van der Waals surface area contributed by atoms with E-state index in [1.165, 1.54) is 57.8 Å². The molecule has 1 unspecified atom stereocenters. The number of rotatable bonds is 28. The Bertz CT molecular complexity index is 562. The highest BCUT2D eigenvalue weighted by Crippen LogP contribution is 2.12. The lowest BCUT2D eigenvalue weighted by atomic mass is 10.1. The highest BCUT2D eigenvalue weighted by atomic mass is 16.6. The first-order valence-electron chi connectivity index (χ1n) is 16.0. The van der Waals surface area contributed by atoms with E-state index >= 15 is 0 Å². The molecule has 0 N–H and O–H groups in total. The summed E-state index contributed by atoms with van der Waals surface area (Å²) in [5.41, 5.74) is 0. The number of carbonyl (C=O) groups is 3. The molecule has 224 valence electrons. The van der Waals surface area contributed by atoms with Gasteiger partial charge in [0.25, 0.3) is 0 Å². The minimum Gasteiger partial charge on any atom is -0.462 e. The largest absolute Gasteiger partial charge is 0.462 e. The third kappa shape index (κ3) is 26.0. The van der Waals surface area contributed by atoms with Crippen molar-refractivity contribution in [2.24, 2.45) is 0 Å². The fourth-order valence-electron chi connectivity index (χ4n) is 4.38. The predicted molar refractivity (Wildman–Crippen MR) is 155 cm³/mol. The van der Waals surface area contributed by atoms with Crippen molar-refractivity contribution in [3.63, 3.8) is 0 Å². The van der Waals surface area contributed by atoms with Crippen molar-refractivity contribution in [3.05, 3.63) is 0 Å². The minimum atomic E-state index is -0.751. The Morgan fingerprint density at radius 1 is 0.421 bits per heavy atom. The van der Waals surface area contributed by atoms with E-state index in [1.807, 2.05) is 0 Å². The molecule has 0 radical (unpaired) electrons. The molecule has 0 aliphatic rings. The molecule has 0 aliphatic heterocycles. The van der Waals surface area contributed by atoms with Gasteiger partial charge in [0.1, 0.15) is 13.2 Å². The minimum absolute atomic E-state index is 0.0675. The third-order valence-electron chi connectivity index (χ3n) is 6.86. The van der Waals surface area contributed by atoms with E-state index in [2.05, 4.69) is 20.8 Å². The van der Waals surface area contributed by atoms with Gasteiger partial charge in [0, 0.05) is 19.3 Å². The van der Waals surface area contributed by atoms with Gasteiger partial charge >= 0.3 is 17.9 Å². The maximum absolute atomic E-state index is 12.3. The van der Waals surface area contributed by atoms with E-state index in [-0.39, 0.29) is 31.1 Å². The van der Waals surface area contributed by atoms with Crippen LogP contribution in [0.5, 0.6) is 0 Å². The summed E-state index contributed by atoms with van der Waals surface area (Å²) in [4.78, 5) is 36.7. The Morgan fingerprint density at radius 3 is 1.05 bits per heavy atom. The van der Waals surface area contributed by atoms with Crippen molar-refractivity contribution in [1.82, 2.24) is 0 Å². The van der Waals surface area contributed by atoms with Gasteiger partial charge in [0.2, 0.25) is 0 Å². The second kappa shape index (κ2) is 28.4. The quantitative estimate of drug-likeness (QED) is 0.0559. The van der Waals surface area contributed by atoms with E-state index in [0.29, 0.717) is 19.3 Å². The summed E-state index contributed by atoms with van der Waals surface area (Å²) in [6, 6.07) is 0. The van der Waals surface area contributed by atoms with Gasteiger partial charge in [-0.05, 0) is 19.3 Å². The summed E-state index contributed by atoms with van der Waals surface area (Å²) >= 11 is 0. The van der Waals surface area contributed by atoms with Crippen molar-refractivity contribution < 1.29 is 28.6 Å². The Hall–Kier alpha value is -1.59. The van der Waals surface area contributed by atoms with Crippen LogP contribution in [0, 0.1) is 0 Å². The van der Waals surface area contributed by atoms with Gasteiger partial charge in [-0.25, -0.2) is 0 Å². The standard InChI is InChI=1S/C32H60O6/c1-4-7-10-13-14-15-16-17-20-22-25-31(34)37-28-29(38-32(35)26-23-19-12-9-6-3)27-36-30(33)24-21-18-11-8-5-2/h29H,4-28H2,1-3H3. The summed E-state index contributed by atoms with van der Waals surface area (Å²) in [6.45, 7) is 6.41. The molecule has 6 heteroatoms. The van der Waals surface area contributed by atoms with Crippen molar-refractivity contribution in [2.45, 2.75) is 175 Å². The molecule has 0 aromatic carbocycles. The lowest BCUT2D eigenvalue weighted by Crippen LogP contribution is -2.30. The van der Waals surface area contributed by atoms with Crippen LogP contribution in [0.3, 0.4) is 0 Å². The van der Waals surface area contributed by atoms with Gasteiger partial charge in [-0.2, -0.15) is 0 Å². The molecular formula is C32H60O6. The normalized spacial score (nSPS) is 11.8. The zero-order valence-electron chi connectivity index (χ0n) is 25.2. The predicted octanol–water partition coefficient (Wildman–Crippen LogP) is 9.02. The molecule has 0 aromatic rings. The average Bonchev–Trinajstić information content (AvgIpc) is 2.91. The molecular weight excluding hydrogens is 480 g/mol. The van der Waals surface area contributed by atoms with E-state index in [0.717, 1.165) is 70.6 Å². The lowest BCUT2D eigenvalue weighted by Gasteiger charge is -2.18. The number of hydrogen-bond acceptors (Lipinski definition) is 6. The Balaban J connectivity index is 4.26.